The Morgan fingerprint density at radius 2 is 1.88 bits per heavy atom. The second kappa shape index (κ2) is 8.82. The molecule has 0 saturated heterocycles. The summed E-state index contributed by atoms with van der Waals surface area (Å²) < 4.78 is 0. The number of rotatable bonds is 8. The Hall–Kier alpha value is -2.89. The largest absolute Gasteiger partial charge is 0.350 e. The number of hydrogen-bond donors (Lipinski definition) is 1. The second-order valence-corrected chi connectivity index (χ2v) is 5.72. The maximum Gasteiger partial charge on any atom is 0.293 e. The lowest BCUT2D eigenvalue weighted by atomic mass is 10.1. The molecule has 0 aliphatic heterocycles. The number of benzene rings is 2. The molecule has 0 radical (unpaired) electrons. The number of carbonyl (C=O) groups is 1. The summed E-state index contributed by atoms with van der Waals surface area (Å²) in [5, 5.41) is 14.5. The molecule has 0 aromatic heterocycles. The van der Waals surface area contributed by atoms with Crippen LogP contribution < -0.4 is 5.32 Å². The van der Waals surface area contributed by atoms with Gasteiger partial charge in [0.2, 0.25) is 0 Å². The third-order valence-corrected chi connectivity index (χ3v) is 3.94. The van der Waals surface area contributed by atoms with Gasteiger partial charge in [0.25, 0.3) is 11.6 Å². The zero-order valence-corrected chi connectivity index (χ0v) is 14.6. The minimum absolute atomic E-state index is 0.110. The number of nitro benzene ring substituents is 1. The number of anilines is 2. The van der Waals surface area contributed by atoms with Crippen LogP contribution in [0.25, 0.3) is 0 Å². The van der Waals surface area contributed by atoms with Crippen LogP contribution in [0.15, 0.2) is 48.5 Å². The molecule has 0 fully saturated rings. The van der Waals surface area contributed by atoms with E-state index in [-0.39, 0.29) is 11.6 Å². The molecule has 6 nitrogen and oxygen atoms in total. The molecule has 0 heterocycles. The zero-order valence-electron chi connectivity index (χ0n) is 14.6. The molecule has 2 rings (SSSR count). The summed E-state index contributed by atoms with van der Waals surface area (Å²) in [5.74, 6) is -0.176. The highest BCUT2D eigenvalue weighted by molar-refractivity contribution is 5.96. The van der Waals surface area contributed by atoms with Crippen LogP contribution in [0.5, 0.6) is 0 Å². The number of hydrogen-bond acceptors (Lipinski definition) is 4. The van der Waals surface area contributed by atoms with Gasteiger partial charge in [0.15, 0.2) is 0 Å². The van der Waals surface area contributed by atoms with Crippen LogP contribution in [0.2, 0.25) is 0 Å². The van der Waals surface area contributed by atoms with Crippen molar-refractivity contribution in [3.8, 4) is 0 Å². The number of carbonyl (C=O) groups excluding carboxylic acids is 1. The molecule has 2 aromatic carbocycles. The number of unbranched alkanes of at least 4 members (excludes halogenated alkanes) is 1. The van der Waals surface area contributed by atoms with Gasteiger partial charge < -0.3 is 10.2 Å². The van der Waals surface area contributed by atoms with Crippen LogP contribution in [0.4, 0.5) is 17.1 Å². The number of nitrogens with one attached hydrogen (secondary N) is 1. The smallest absolute Gasteiger partial charge is 0.293 e. The van der Waals surface area contributed by atoms with Crippen molar-refractivity contribution in [2.45, 2.75) is 26.7 Å². The minimum atomic E-state index is -0.468. The predicted molar refractivity (Wildman–Crippen MR) is 99.3 cm³/mol. The SMILES string of the molecule is CCCCN(CC)C(=O)c1ccc(Nc2ccccc2)c([N+](=O)[O-])c1. The molecule has 0 unspecified atom stereocenters. The lowest BCUT2D eigenvalue weighted by Crippen LogP contribution is -2.31. The molecule has 6 heteroatoms. The van der Waals surface area contributed by atoms with Crippen molar-refractivity contribution < 1.29 is 9.72 Å². The third-order valence-electron chi connectivity index (χ3n) is 3.94. The number of nitrogens with zero attached hydrogens (tertiary/aromatic N) is 2. The highest BCUT2D eigenvalue weighted by Gasteiger charge is 2.20. The second-order valence-electron chi connectivity index (χ2n) is 5.72. The van der Waals surface area contributed by atoms with Crippen molar-refractivity contribution in [1.82, 2.24) is 4.90 Å². The molecule has 25 heavy (non-hydrogen) atoms. The van der Waals surface area contributed by atoms with Crippen molar-refractivity contribution >= 4 is 23.0 Å². The van der Waals surface area contributed by atoms with E-state index in [1.54, 1.807) is 17.0 Å². The summed E-state index contributed by atoms with van der Waals surface area (Å²) in [6, 6.07) is 13.8. The van der Waals surface area contributed by atoms with Gasteiger partial charge in [-0.3, -0.25) is 14.9 Å². The normalized spacial score (nSPS) is 10.3. The topological polar surface area (TPSA) is 75.5 Å². The van der Waals surface area contributed by atoms with Crippen molar-refractivity contribution in [1.29, 1.82) is 0 Å². The fraction of sp³-hybridized carbons (Fsp3) is 0.316. The summed E-state index contributed by atoms with van der Waals surface area (Å²) in [6.07, 6.45) is 1.90. The van der Waals surface area contributed by atoms with Gasteiger partial charge in [-0.1, -0.05) is 31.5 Å². The first kappa shape index (κ1) is 18.4. The Kier molecular flexibility index (Phi) is 6.51. The number of amides is 1. The Bertz CT molecular complexity index is 732. The van der Waals surface area contributed by atoms with Gasteiger partial charge in [0.05, 0.1) is 4.92 Å². The van der Waals surface area contributed by atoms with E-state index in [4.69, 9.17) is 0 Å². The van der Waals surface area contributed by atoms with Crippen LogP contribution in [0.3, 0.4) is 0 Å². The lowest BCUT2D eigenvalue weighted by molar-refractivity contribution is -0.383. The Labute approximate surface area is 147 Å². The van der Waals surface area contributed by atoms with E-state index < -0.39 is 4.92 Å². The third kappa shape index (κ3) is 4.79. The molecular formula is C19H23N3O3. The van der Waals surface area contributed by atoms with Gasteiger partial charge in [-0.2, -0.15) is 0 Å². The highest BCUT2D eigenvalue weighted by atomic mass is 16.6. The quantitative estimate of drug-likeness (QED) is 0.562. The van der Waals surface area contributed by atoms with Gasteiger partial charge in [-0.25, -0.2) is 0 Å². The van der Waals surface area contributed by atoms with E-state index in [1.165, 1.54) is 6.07 Å². The van der Waals surface area contributed by atoms with E-state index in [9.17, 15) is 14.9 Å². The number of nitro groups is 1. The maximum absolute atomic E-state index is 12.6. The molecule has 1 N–H and O–H groups in total. The molecule has 0 aliphatic rings. The average molecular weight is 341 g/mol. The van der Waals surface area contributed by atoms with E-state index in [2.05, 4.69) is 12.2 Å². The van der Waals surface area contributed by atoms with Gasteiger partial charge in [-0.05, 0) is 37.6 Å². The van der Waals surface area contributed by atoms with Crippen molar-refractivity contribution in [2.75, 3.05) is 18.4 Å². The fourth-order valence-corrected chi connectivity index (χ4v) is 2.53. The fourth-order valence-electron chi connectivity index (χ4n) is 2.53. The van der Waals surface area contributed by atoms with Crippen molar-refractivity contribution in [3.63, 3.8) is 0 Å². The van der Waals surface area contributed by atoms with Crippen LogP contribution in [-0.4, -0.2) is 28.8 Å². The van der Waals surface area contributed by atoms with E-state index in [0.717, 1.165) is 18.5 Å². The van der Waals surface area contributed by atoms with Crippen molar-refractivity contribution in [3.05, 3.63) is 64.2 Å². The lowest BCUT2D eigenvalue weighted by Gasteiger charge is -2.20. The van der Waals surface area contributed by atoms with Crippen LogP contribution in [-0.2, 0) is 0 Å². The molecule has 0 bridgehead atoms. The van der Waals surface area contributed by atoms with E-state index >= 15 is 0 Å². The zero-order chi connectivity index (χ0) is 18.2. The predicted octanol–water partition coefficient (Wildman–Crippen LogP) is 4.60. The van der Waals surface area contributed by atoms with Crippen molar-refractivity contribution in [2.24, 2.45) is 0 Å². The van der Waals surface area contributed by atoms with Gasteiger partial charge in [0, 0.05) is 30.4 Å². The molecule has 132 valence electrons. The molecule has 0 atom stereocenters. The van der Waals surface area contributed by atoms with E-state index in [0.29, 0.717) is 24.3 Å². The Balaban J connectivity index is 2.28. The first-order chi connectivity index (χ1) is 12.1. The molecule has 2 aromatic rings. The summed E-state index contributed by atoms with van der Waals surface area (Å²) in [4.78, 5) is 25.3. The first-order valence-electron chi connectivity index (χ1n) is 8.46. The molecular weight excluding hydrogens is 318 g/mol. The summed E-state index contributed by atoms with van der Waals surface area (Å²) >= 11 is 0. The average Bonchev–Trinajstić information content (AvgIpc) is 2.63. The summed E-state index contributed by atoms with van der Waals surface area (Å²) in [5.41, 5.74) is 1.34. The van der Waals surface area contributed by atoms with E-state index in [1.807, 2.05) is 37.3 Å². The molecule has 0 aliphatic carbocycles. The molecule has 0 saturated carbocycles. The van der Waals surface area contributed by atoms with Crippen LogP contribution in [0.1, 0.15) is 37.0 Å². The summed E-state index contributed by atoms with van der Waals surface area (Å²) in [6.45, 7) is 5.21. The minimum Gasteiger partial charge on any atom is -0.350 e. The maximum atomic E-state index is 12.6. The van der Waals surface area contributed by atoms with Crippen LogP contribution >= 0.6 is 0 Å². The van der Waals surface area contributed by atoms with Gasteiger partial charge in [0.1, 0.15) is 5.69 Å². The van der Waals surface area contributed by atoms with Gasteiger partial charge in [-0.15, -0.1) is 0 Å². The van der Waals surface area contributed by atoms with Crippen LogP contribution in [0, 0.1) is 10.1 Å². The highest BCUT2D eigenvalue weighted by Crippen LogP contribution is 2.29. The Morgan fingerprint density at radius 1 is 1.16 bits per heavy atom. The first-order valence-corrected chi connectivity index (χ1v) is 8.46. The molecule has 0 spiro atoms. The standard InChI is InChI=1S/C19H23N3O3/c1-3-5-13-21(4-2)19(23)15-11-12-17(18(14-15)22(24)25)20-16-9-7-6-8-10-16/h6-12,14,20H,3-5,13H2,1-2H3. The molecule has 1 amide bonds. The van der Waals surface area contributed by atoms with Gasteiger partial charge >= 0.3 is 0 Å². The number of para-hydroxylation sites is 1. The monoisotopic (exact) mass is 341 g/mol. The summed E-state index contributed by atoms with van der Waals surface area (Å²) in [7, 11) is 0. The Morgan fingerprint density at radius 3 is 2.48 bits per heavy atom.